The monoisotopic (exact) mass is 432 g/mol. The summed E-state index contributed by atoms with van der Waals surface area (Å²) in [7, 11) is 0. The molecule has 26 heavy (non-hydrogen) atoms. The van der Waals surface area contributed by atoms with E-state index in [1.54, 1.807) is 41.3 Å². The molecule has 2 aromatic carbocycles. The van der Waals surface area contributed by atoms with Gasteiger partial charge in [0.25, 0.3) is 11.6 Å². The van der Waals surface area contributed by atoms with Crippen molar-refractivity contribution in [2.45, 2.75) is 4.90 Å². The first-order valence-electron chi connectivity index (χ1n) is 7.43. The number of anilines is 1. The number of hydrogen-bond donors (Lipinski definition) is 1. The van der Waals surface area contributed by atoms with Gasteiger partial charge in [0.2, 0.25) is 0 Å². The summed E-state index contributed by atoms with van der Waals surface area (Å²) >= 11 is 4.78. The number of carbonyl (C=O) groups excluding carboxylic acids is 1. The van der Waals surface area contributed by atoms with Gasteiger partial charge in [-0.2, -0.15) is 5.10 Å². The van der Waals surface area contributed by atoms with Crippen molar-refractivity contribution in [2.24, 2.45) is 0 Å². The zero-order valence-corrected chi connectivity index (χ0v) is 16.0. The zero-order chi connectivity index (χ0) is 18.7. The highest BCUT2D eigenvalue weighted by molar-refractivity contribution is 9.10. The van der Waals surface area contributed by atoms with Gasteiger partial charge in [-0.15, -0.1) is 11.8 Å². The van der Waals surface area contributed by atoms with Crippen LogP contribution in [0.2, 0.25) is 0 Å². The molecule has 7 nitrogen and oxygen atoms in total. The first kappa shape index (κ1) is 18.2. The van der Waals surface area contributed by atoms with Crippen molar-refractivity contribution in [3.05, 3.63) is 75.0 Å². The van der Waals surface area contributed by atoms with Crippen LogP contribution in [0.5, 0.6) is 0 Å². The van der Waals surface area contributed by atoms with Crippen LogP contribution in [0.15, 0.2) is 64.2 Å². The molecule has 132 valence electrons. The molecule has 3 aromatic rings. The van der Waals surface area contributed by atoms with Crippen molar-refractivity contribution in [1.29, 1.82) is 0 Å². The Kier molecular flexibility index (Phi) is 5.38. The van der Waals surface area contributed by atoms with Gasteiger partial charge in [0, 0.05) is 27.8 Å². The number of nitrogens with zero attached hydrogens (tertiary/aromatic N) is 3. The van der Waals surface area contributed by atoms with Gasteiger partial charge >= 0.3 is 0 Å². The van der Waals surface area contributed by atoms with E-state index in [1.165, 1.54) is 23.9 Å². The number of hydrogen-bond acceptors (Lipinski definition) is 5. The fraction of sp³-hybridized carbons (Fsp3) is 0.0588. The van der Waals surface area contributed by atoms with Crippen LogP contribution in [-0.2, 0) is 0 Å². The number of nitro groups is 1. The minimum atomic E-state index is -0.561. The Hall–Kier alpha value is -2.65. The number of nitrogens with one attached hydrogen (secondary N) is 1. The van der Waals surface area contributed by atoms with Crippen LogP contribution >= 0.6 is 27.7 Å². The van der Waals surface area contributed by atoms with Crippen molar-refractivity contribution in [2.75, 3.05) is 11.6 Å². The standard InChI is InChI=1S/C17H13BrN4O3S/c1-26-12-4-6-15(22(24)25)13(10-12)17(23)20-14-9-11(18)3-5-16(14)21-8-2-7-19-21/h2-10H,1H3,(H,20,23). The number of rotatable bonds is 5. The van der Waals surface area contributed by atoms with Gasteiger partial charge in [-0.1, -0.05) is 15.9 Å². The molecule has 0 spiro atoms. The average molecular weight is 433 g/mol. The molecular formula is C17H13BrN4O3S. The Balaban J connectivity index is 2.01. The van der Waals surface area contributed by atoms with Gasteiger partial charge in [0.05, 0.1) is 16.3 Å². The molecule has 0 aliphatic carbocycles. The van der Waals surface area contributed by atoms with Gasteiger partial charge in [-0.05, 0) is 42.7 Å². The van der Waals surface area contributed by atoms with Gasteiger partial charge in [0.15, 0.2) is 0 Å². The third-order valence-electron chi connectivity index (χ3n) is 3.60. The van der Waals surface area contributed by atoms with Gasteiger partial charge in [0.1, 0.15) is 5.56 Å². The predicted octanol–water partition coefficient (Wildman–Crippen LogP) is 4.52. The normalized spacial score (nSPS) is 10.5. The molecule has 0 unspecified atom stereocenters. The molecule has 0 atom stereocenters. The predicted molar refractivity (Wildman–Crippen MR) is 104 cm³/mol. The van der Waals surface area contributed by atoms with Crippen molar-refractivity contribution in [3.8, 4) is 5.69 Å². The highest BCUT2D eigenvalue weighted by Gasteiger charge is 2.22. The summed E-state index contributed by atoms with van der Waals surface area (Å²) in [6.45, 7) is 0. The van der Waals surface area contributed by atoms with E-state index in [0.717, 1.165) is 9.37 Å². The van der Waals surface area contributed by atoms with Gasteiger partial charge < -0.3 is 5.32 Å². The number of aromatic nitrogens is 2. The fourth-order valence-electron chi connectivity index (χ4n) is 2.39. The Bertz CT molecular complexity index is 976. The molecule has 0 radical (unpaired) electrons. The maximum absolute atomic E-state index is 12.8. The quantitative estimate of drug-likeness (QED) is 0.363. The third kappa shape index (κ3) is 3.78. The second-order valence-electron chi connectivity index (χ2n) is 5.21. The number of nitro benzene ring substituents is 1. The summed E-state index contributed by atoms with van der Waals surface area (Å²) in [5, 5.41) is 18.2. The van der Waals surface area contributed by atoms with Crippen molar-refractivity contribution < 1.29 is 9.72 Å². The van der Waals surface area contributed by atoms with Crippen molar-refractivity contribution in [3.63, 3.8) is 0 Å². The van der Waals surface area contributed by atoms with Crippen LogP contribution in [0.3, 0.4) is 0 Å². The number of halogens is 1. The SMILES string of the molecule is CSc1ccc([N+](=O)[O-])c(C(=O)Nc2cc(Br)ccc2-n2cccn2)c1. The topological polar surface area (TPSA) is 90.1 Å². The van der Waals surface area contributed by atoms with E-state index in [0.29, 0.717) is 11.4 Å². The Labute approximate surface area is 161 Å². The summed E-state index contributed by atoms with van der Waals surface area (Å²) in [5.41, 5.74) is 0.899. The molecule has 0 bridgehead atoms. The van der Waals surface area contributed by atoms with E-state index in [9.17, 15) is 14.9 Å². The molecule has 1 heterocycles. The Morgan fingerprint density at radius 1 is 1.31 bits per heavy atom. The molecule has 0 fully saturated rings. The van der Waals surface area contributed by atoms with Crippen LogP contribution in [0, 0.1) is 10.1 Å². The van der Waals surface area contributed by atoms with E-state index in [4.69, 9.17) is 0 Å². The number of carbonyl (C=O) groups is 1. The van der Waals surface area contributed by atoms with Crippen LogP contribution in [-0.4, -0.2) is 26.9 Å². The van der Waals surface area contributed by atoms with Gasteiger partial charge in [-0.3, -0.25) is 14.9 Å². The number of thioether (sulfide) groups is 1. The minimum absolute atomic E-state index is 0.00763. The largest absolute Gasteiger partial charge is 0.320 e. The zero-order valence-electron chi connectivity index (χ0n) is 13.5. The molecule has 1 N–H and O–H groups in total. The Morgan fingerprint density at radius 2 is 2.12 bits per heavy atom. The summed E-state index contributed by atoms with van der Waals surface area (Å²) in [6, 6.07) is 11.6. The third-order valence-corrected chi connectivity index (χ3v) is 4.82. The summed E-state index contributed by atoms with van der Waals surface area (Å²) in [4.78, 5) is 24.3. The number of amides is 1. The summed E-state index contributed by atoms with van der Waals surface area (Å²) < 4.78 is 2.37. The molecule has 0 aliphatic rings. The lowest BCUT2D eigenvalue weighted by Crippen LogP contribution is -2.16. The maximum Gasteiger partial charge on any atom is 0.282 e. The second kappa shape index (κ2) is 7.71. The van der Waals surface area contributed by atoms with E-state index >= 15 is 0 Å². The molecule has 0 aliphatic heterocycles. The van der Waals surface area contributed by atoms with Crippen LogP contribution in [0.25, 0.3) is 5.69 Å². The highest BCUT2D eigenvalue weighted by atomic mass is 79.9. The van der Waals surface area contributed by atoms with Crippen LogP contribution in [0.4, 0.5) is 11.4 Å². The summed E-state index contributed by atoms with van der Waals surface area (Å²) in [6.07, 6.45) is 5.21. The molecule has 1 aromatic heterocycles. The number of benzene rings is 2. The smallest absolute Gasteiger partial charge is 0.282 e. The summed E-state index contributed by atoms with van der Waals surface area (Å²) in [5.74, 6) is -0.556. The van der Waals surface area contributed by atoms with E-state index in [2.05, 4.69) is 26.3 Å². The molecule has 0 saturated heterocycles. The van der Waals surface area contributed by atoms with Crippen LogP contribution in [0.1, 0.15) is 10.4 Å². The lowest BCUT2D eigenvalue weighted by atomic mass is 10.1. The maximum atomic E-state index is 12.8. The lowest BCUT2D eigenvalue weighted by molar-refractivity contribution is -0.385. The minimum Gasteiger partial charge on any atom is -0.320 e. The Morgan fingerprint density at radius 3 is 2.77 bits per heavy atom. The highest BCUT2D eigenvalue weighted by Crippen LogP contribution is 2.28. The average Bonchev–Trinajstić information content (AvgIpc) is 3.15. The first-order chi connectivity index (χ1) is 12.5. The molecule has 9 heteroatoms. The van der Waals surface area contributed by atoms with Crippen LogP contribution < -0.4 is 5.32 Å². The molecule has 0 saturated carbocycles. The van der Waals surface area contributed by atoms with E-state index < -0.39 is 10.8 Å². The molecule has 1 amide bonds. The molecular weight excluding hydrogens is 420 g/mol. The fourth-order valence-corrected chi connectivity index (χ4v) is 3.19. The first-order valence-corrected chi connectivity index (χ1v) is 9.44. The van der Waals surface area contributed by atoms with Crippen molar-refractivity contribution >= 4 is 45.0 Å². The van der Waals surface area contributed by atoms with Gasteiger partial charge in [-0.25, -0.2) is 4.68 Å². The second-order valence-corrected chi connectivity index (χ2v) is 7.00. The molecule has 3 rings (SSSR count). The van der Waals surface area contributed by atoms with E-state index in [1.807, 2.05) is 12.3 Å². The van der Waals surface area contributed by atoms with E-state index in [-0.39, 0.29) is 11.3 Å². The van der Waals surface area contributed by atoms with Crippen molar-refractivity contribution in [1.82, 2.24) is 9.78 Å². The lowest BCUT2D eigenvalue weighted by Gasteiger charge is -2.12.